The molecule has 0 N–H and O–H groups in total. The SMILES string of the molecule is CCN(Cc1ccncc1)Cc1cnc(-c2ccc3ccccc3c2)nc1. The van der Waals surface area contributed by atoms with Gasteiger partial charge in [0.1, 0.15) is 0 Å². The number of nitrogens with zero attached hydrogens (tertiary/aromatic N) is 4. The lowest BCUT2D eigenvalue weighted by Gasteiger charge is -2.20. The molecule has 0 saturated carbocycles. The van der Waals surface area contributed by atoms with Crippen LogP contribution in [0.15, 0.2) is 79.4 Å². The van der Waals surface area contributed by atoms with Crippen molar-refractivity contribution in [3.05, 3.63) is 90.5 Å². The van der Waals surface area contributed by atoms with Gasteiger partial charge in [0.15, 0.2) is 5.82 Å². The van der Waals surface area contributed by atoms with Crippen LogP contribution < -0.4 is 0 Å². The first kappa shape index (κ1) is 17.3. The van der Waals surface area contributed by atoms with E-state index in [1.165, 1.54) is 16.3 Å². The van der Waals surface area contributed by atoms with Crippen LogP contribution in [0.5, 0.6) is 0 Å². The summed E-state index contributed by atoms with van der Waals surface area (Å²) in [6.45, 7) is 4.86. The summed E-state index contributed by atoms with van der Waals surface area (Å²) < 4.78 is 0. The van der Waals surface area contributed by atoms with Crippen molar-refractivity contribution in [2.45, 2.75) is 20.0 Å². The number of hydrogen-bond donors (Lipinski definition) is 0. The molecule has 2 aromatic carbocycles. The maximum absolute atomic E-state index is 4.60. The van der Waals surface area contributed by atoms with Crippen LogP contribution in [0.2, 0.25) is 0 Å². The Balaban J connectivity index is 1.49. The van der Waals surface area contributed by atoms with Gasteiger partial charge in [0, 0.05) is 49.0 Å². The zero-order valence-corrected chi connectivity index (χ0v) is 15.4. The molecule has 4 aromatic rings. The zero-order chi connectivity index (χ0) is 18.5. The summed E-state index contributed by atoms with van der Waals surface area (Å²) in [5.41, 5.74) is 3.43. The monoisotopic (exact) mass is 354 g/mol. The van der Waals surface area contributed by atoms with Gasteiger partial charge in [-0.25, -0.2) is 9.97 Å². The third-order valence-corrected chi connectivity index (χ3v) is 4.72. The van der Waals surface area contributed by atoms with Crippen molar-refractivity contribution in [1.82, 2.24) is 19.9 Å². The molecule has 2 aromatic heterocycles. The minimum absolute atomic E-state index is 0.765. The van der Waals surface area contributed by atoms with E-state index in [2.05, 4.69) is 81.4 Å². The third-order valence-electron chi connectivity index (χ3n) is 4.72. The van der Waals surface area contributed by atoms with E-state index in [1.54, 1.807) is 0 Å². The second kappa shape index (κ2) is 8.06. The highest BCUT2D eigenvalue weighted by Crippen LogP contribution is 2.21. The minimum Gasteiger partial charge on any atom is -0.295 e. The largest absolute Gasteiger partial charge is 0.295 e. The third kappa shape index (κ3) is 4.18. The molecule has 0 atom stereocenters. The molecule has 0 saturated heterocycles. The Hall–Kier alpha value is -3.11. The highest BCUT2D eigenvalue weighted by atomic mass is 15.1. The number of rotatable bonds is 6. The Morgan fingerprint density at radius 2 is 1.48 bits per heavy atom. The van der Waals surface area contributed by atoms with Gasteiger partial charge >= 0.3 is 0 Å². The number of aromatic nitrogens is 3. The van der Waals surface area contributed by atoms with Crippen molar-refractivity contribution in [2.75, 3.05) is 6.54 Å². The van der Waals surface area contributed by atoms with Crippen molar-refractivity contribution in [3.8, 4) is 11.4 Å². The van der Waals surface area contributed by atoms with Gasteiger partial charge in [-0.1, -0.05) is 43.3 Å². The highest BCUT2D eigenvalue weighted by Gasteiger charge is 2.07. The Bertz CT molecular complexity index is 1010. The summed E-state index contributed by atoms with van der Waals surface area (Å²) in [5, 5.41) is 2.43. The molecule has 0 aliphatic carbocycles. The Morgan fingerprint density at radius 1 is 0.778 bits per heavy atom. The fraction of sp³-hybridized carbons (Fsp3) is 0.174. The Labute approximate surface area is 159 Å². The van der Waals surface area contributed by atoms with Gasteiger partial charge in [0.05, 0.1) is 0 Å². The molecule has 134 valence electrons. The van der Waals surface area contributed by atoms with Crippen LogP contribution in [0.3, 0.4) is 0 Å². The van der Waals surface area contributed by atoms with Crippen LogP contribution in [-0.4, -0.2) is 26.4 Å². The van der Waals surface area contributed by atoms with E-state index in [1.807, 2.05) is 24.8 Å². The molecule has 0 unspecified atom stereocenters. The molecule has 0 radical (unpaired) electrons. The molecule has 27 heavy (non-hydrogen) atoms. The molecule has 4 heteroatoms. The van der Waals surface area contributed by atoms with Crippen molar-refractivity contribution in [3.63, 3.8) is 0 Å². The second-order valence-corrected chi connectivity index (χ2v) is 6.64. The summed E-state index contributed by atoms with van der Waals surface area (Å²) in [5.74, 6) is 0.765. The highest BCUT2D eigenvalue weighted by molar-refractivity contribution is 5.86. The van der Waals surface area contributed by atoms with E-state index in [0.29, 0.717) is 0 Å². The summed E-state index contributed by atoms with van der Waals surface area (Å²) in [6.07, 6.45) is 7.55. The number of hydrogen-bond acceptors (Lipinski definition) is 4. The van der Waals surface area contributed by atoms with Gasteiger partial charge in [0.2, 0.25) is 0 Å². The summed E-state index contributed by atoms with van der Waals surface area (Å²) in [4.78, 5) is 15.7. The van der Waals surface area contributed by atoms with Gasteiger partial charge in [0.25, 0.3) is 0 Å². The van der Waals surface area contributed by atoms with Gasteiger partial charge in [-0.2, -0.15) is 0 Å². The lowest BCUT2D eigenvalue weighted by Crippen LogP contribution is -2.22. The van der Waals surface area contributed by atoms with E-state index in [9.17, 15) is 0 Å². The number of fused-ring (bicyclic) bond motifs is 1. The molecular formula is C23H22N4. The van der Waals surface area contributed by atoms with Crippen LogP contribution in [0.25, 0.3) is 22.2 Å². The van der Waals surface area contributed by atoms with E-state index in [0.717, 1.165) is 36.6 Å². The summed E-state index contributed by atoms with van der Waals surface area (Å²) >= 11 is 0. The summed E-state index contributed by atoms with van der Waals surface area (Å²) in [7, 11) is 0. The molecule has 0 amide bonds. The average Bonchev–Trinajstić information content (AvgIpc) is 2.74. The van der Waals surface area contributed by atoms with Crippen LogP contribution in [0, 0.1) is 0 Å². The van der Waals surface area contributed by atoms with Crippen molar-refractivity contribution >= 4 is 10.8 Å². The average molecular weight is 354 g/mol. The second-order valence-electron chi connectivity index (χ2n) is 6.64. The lowest BCUT2D eigenvalue weighted by atomic mass is 10.1. The molecule has 0 spiro atoms. The van der Waals surface area contributed by atoms with Crippen molar-refractivity contribution in [1.29, 1.82) is 0 Å². The first-order valence-electron chi connectivity index (χ1n) is 9.23. The van der Waals surface area contributed by atoms with Crippen LogP contribution in [-0.2, 0) is 13.1 Å². The molecule has 0 aliphatic rings. The quantitative estimate of drug-likeness (QED) is 0.503. The molecule has 2 heterocycles. The number of benzene rings is 2. The maximum Gasteiger partial charge on any atom is 0.159 e. The van der Waals surface area contributed by atoms with Crippen LogP contribution >= 0.6 is 0 Å². The van der Waals surface area contributed by atoms with E-state index in [4.69, 9.17) is 0 Å². The minimum atomic E-state index is 0.765. The van der Waals surface area contributed by atoms with Gasteiger partial charge < -0.3 is 0 Å². The lowest BCUT2D eigenvalue weighted by molar-refractivity contribution is 0.270. The standard InChI is InChI=1S/C23H22N4/c1-2-27(16-18-9-11-24-12-10-18)17-19-14-25-23(26-15-19)22-8-7-20-5-3-4-6-21(20)13-22/h3-15H,2,16-17H2,1H3. The van der Waals surface area contributed by atoms with Gasteiger partial charge in [-0.3, -0.25) is 9.88 Å². The predicted octanol–water partition coefficient (Wildman–Crippen LogP) is 4.71. The normalized spacial score (nSPS) is 11.2. The number of pyridine rings is 1. The molecule has 4 rings (SSSR count). The topological polar surface area (TPSA) is 41.9 Å². The first-order valence-corrected chi connectivity index (χ1v) is 9.23. The van der Waals surface area contributed by atoms with E-state index in [-0.39, 0.29) is 0 Å². The van der Waals surface area contributed by atoms with Crippen molar-refractivity contribution < 1.29 is 0 Å². The molecule has 0 aliphatic heterocycles. The predicted molar refractivity (Wildman–Crippen MR) is 109 cm³/mol. The van der Waals surface area contributed by atoms with E-state index < -0.39 is 0 Å². The molecule has 0 bridgehead atoms. The smallest absolute Gasteiger partial charge is 0.159 e. The van der Waals surface area contributed by atoms with E-state index >= 15 is 0 Å². The van der Waals surface area contributed by atoms with Crippen molar-refractivity contribution in [2.24, 2.45) is 0 Å². The maximum atomic E-state index is 4.60. The fourth-order valence-electron chi connectivity index (χ4n) is 3.20. The molecule has 4 nitrogen and oxygen atoms in total. The Kier molecular flexibility index (Phi) is 5.17. The van der Waals surface area contributed by atoms with Gasteiger partial charge in [-0.15, -0.1) is 0 Å². The van der Waals surface area contributed by atoms with Crippen LogP contribution in [0.1, 0.15) is 18.1 Å². The first-order chi connectivity index (χ1) is 13.3. The summed E-state index contributed by atoms with van der Waals surface area (Å²) in [6, 6.07) is 18.8. The van der Waals surface area contributed by atoms with Gasteiger partial charge in [-0.05, 0) is 41.1 Å². The fourth-order valence-corrected chi connectivity index (χ4v) is 3.20. The molecule has 0 fully saturated rings. The Morgan fingerprint density at radius 3 is 2.22 bits per heavy atom. The van der Waals surface area contributed by atoms with Crippen LogP contribution in [0.4, 0.5) is 0 Å². The zero-order valence-electron chi connectivity index (χ0n) is 15.4. The molecular weight excluding hydrogens is 332 g/mol.